The van der Waals surface area contributed by atoms with Crippen LogP contribution in [-0.2, 0) is 9.47 Å². The molecular weight excluding hydrogens is 281 g/mol. The van der Waals surface area contributed by atoms with Gasteiger partial charge in [0.05, 0.1) is 35.0 Å². The van der Waals surface area contributed by atoms with Crippen molar-refractivity contribution in [2.45, 2.75) is 6.92 Å². The van der Waals surface area contributed by atoms with Crippen molar-refractivity contribution in [3.63, 3.8) is 0 Å². The summed E-state index contributed by atoms with van der Waals surface area (Å²) in [7, 11) is 1.21. The van der Waals surface area contributed by atoms with Gasteiger partial charge in [0.1, 0.15) is 0 Å². The van der Waals surface area contributed by atoms with E-state index in [0.717, 1.165) is 0 Å². The zero-order valence-corrected chi connectivity index (χ0v) is 11.3. The average Bonchev–Trinajstić information content (AvgIpc) is 2.33. The van der Waals surface area contributed by atoms with Crippen LogP contribution < -0.4 is 5.32 Å². The first-order chi connectivity index (χ1) is 8.49. The largest absolute Gasteiger partial charge is 0.462 e. The minimum absolute atomic E-state index is 0.121. The summed E-state index contributed by atoms with van der Waals surface area (Å²) < 4.78 is 9.23. The van der Waals surface area contributed by atoms with Gasteiger partial charge in [0.25, 0.3) is 0 Å². The SMILES string of the molecule is CCOC(=O)c1cc(Cl)c(NC(=O)OC)c(Cl)c1. The van der Waals surface area contributed by atoms with Crippen molar-refractivity contribution < 1.29 is 19.1 Å². The molecule has 0 spiro atoms. The number of rotatable bonds is 3. The number of anilines is 1. The molecule has 0 radical (unpaired) electrons. The lowest BCUT2D eigenvalue weighted by Crippen LogP contribution is -2.12. The number of halogens is 2. The molecule has 1 rings (SSSR count). The summed E-state index contributed by atoms with van der Waals surface area (Å²) in [5.74, 6) is -0.536. The van der Waals surface area contributed by atoms with Gasteiger partial charge in [-0.05, 0) is 19.1 Å². The fraction of sp³-hybridized carbons (Fsp3) is 0.273. The molecule has 7 heteroatoms. The van der Waals surface area contributed by atoms with Gasteiger partial charge in [-0.25, -0.2) is 9.59 Å². The molecule has 0 atom stereocenters. The first-order valence-electron chi connectivity index (χ1n) is 5.00. The smallest absolute Gasteiger partial charge is 0.411 e. The first kappa shape index (κ1) is 14.6. The van der Waals surface area contributed by atoms with Crippen LogP contribution in [0.2, 0.25) is 10.0 Å². The van der Waals surface area contributed by atoms with Gasteiger partial charge in [0.2, 0.25) is 0 Å². The number of carbonyl (C=O) groups excluding carboxylic acids is 2. The number of ether oxygens (including phenoxy) is 2. The fourth-order valence-corrected chi connectivity index (χ4v) is 1.76. The van der Waals surface area contributed by atoms with Crippen LogP contribution in [0.1, 0.15) is 17.3 Å². The number of hydrogen-bond donors (Lipinski definition) is 1. The van der Waals surface area contributed by atoms with Crippen molar-refractivity contribution in [3.8, 4) is 0 Å². The van der Waals surface area contributed by atoms with E-state index in [1.807, 2.05) is 0 Å². The second-order valence-corrected chi connectivity index (χ2v) is 3.97. The fourth-order valence-electron chi connectivity index (χ4n) is 1.18. The van der Waals surface area contributed by atoms with Gasteiger partial charge < -0.3 is 9.47 Å². The molecule has 1 aromatic rings. The third kappa shape index (κ3) is 3.51. The van der Waals surface area contributed by atoms with Crippen LogP contribution in [-0.4, -0.2) is 25.8 Å². The molecule has 0 bridgehead atoms. The molecule has 0 fully saturated rings. The third-order valence-corrected chi connectivity index (χ3v) is 2.56. The molecule has 1 N–H and O–H groups in total. The topological polar surface area (TPSA) is 64.6 Å². The Labute approximate surface area is 114 Å². The summed E-state index contributed by atoms with van der Waals surface area (Å²) in [4.78, 5) is 22.6. The van der Waals surface area contributed by atoms with Crippen molar-refractivity contribution in [3.05, 3.63) is 27.7 Å². The molecule has 0 unspecified atom stereocenters. The Bertz CT molecular complexity index is 453. The molecule has 0 aliphatic carbocycles. The number of carbonyl (C=O) groups is 2. The summed E-state index contributed by atoms with van der Waals surface area (Å²) in [5, 5.41) is 2.59. The van der Waals surface area contributed by atoms with Gasteiger partial charge in [-0.2, -0.15) is 0 Å². The average molecular weight is 292 g/mol. The quantitative estimate of drug-likeness (QED) is 0.868. The highest BCUT2D eigenvalue weighted by molar-refractivity contribution is 6.40. The number of hydrogen-bond acceptors (Lipinski definition) is 4. The zero-order chi connectivity index (χ0) is 13.7. The minimum Gasteiger partial charge on any atom is -0.462 e. The van der Waals surface area contributed by atoms with Crippen LogP contribution >= 0.6 is 23.2 Å². The molecule has 1 amide bonds. The van der Waals surface area contributed by atoms with Crippen LogP contribution in [0.3, 0.4) is 0 Å². The molecule has 1 aromatic carbocycles. The normalized spacial score (nSPS) is 9.78. The molecule has 0 aliphatic heterocycles. The Balaban J connectivity index is 3.04. The Kier molecular flexibility index (Phi) is 5.25. The van der Waals surface area contributed by atoms with E-state index in [-0.39, 0.29) is 27.9 Å². The van der Waals surface area contributed by atoms with E-state index in [0.29, 0.717) is 0 Å². The monoisotopic (exact) mass is 291 g/mol. The van der Waals surface area contributed by atoms with Gasteiger partial charge in [-0.3, -0.25) is 5.32 Å². The molecule has 0 aliphatic rings. The van der Waals surface area contributed by atoms with Gasteiger partial charge >= 0.3 is 12.1 Å². The van der Waals surface area contributed by atoms with E-state index in [1.54, 1.807) is 6.92 Å². The second-order valence-electron chi connectivity index (χ2n) is 3.15. The van der Waals surface area contributed by atoms with Gasteiger partial charge in [-0.15, -0.1) is 0 Å². The Hall–Kier alpha value is -1.46. The van der Waals surface area contributed by atoms with Crippen LogP contribution in [0.5, 0.6) is 0 Å². The summed E-state index contributed by atoms with van der Waals surface area (Å²) >= 11 is 11.8. The van der Waals surface area contributed by atoms with Crippen LogP contribution in [0.25, 0.3) is 0 Å². The summed E-state index contributed by atoms with van der Waals surface area (Å²) in [5.41, 5.74) is 0.389. The van der Waals surface area contributed by atoms with Crippen LogP contribution in [0, 0.1) is 0 Å². The molecule has 0 saturated heterocycles. The standard InChI is InChI=1S/C11H11Cl2NO4/c1-3-18-10(15)6-4-7(12)9(8(13)5-6)14-11(16)17-2/h4-5H,3H2,1-2H3,(H,14,16). The number of benzene rings is 1. The van der Waals surface area contributed by atoms with Gasteiger partial charge in [0.15, 0.2) is 0 Å². The Morgan fingerprint density at radius 3 is 2.28 bits per heavy atom. The van der Waals surface area contributed by atoms with E-state index >= 15 is 0 Å². The predicted molar refractivity (Wildman–Crippen MR) is 68.4 cm³/mol. The highest BCUT2D eigenvalue weighted by atomic mass is 35.5. The zero-order valence-electron chi connectivity index (χ0n) is 9.75. The maximum absolute atomic E-state index is 11.5. The van der Waals surface area contributed by atoms with E-state index in [4.69, 9.17) is 27.9 Å². The van der Waals surface area contributed by atoms with E-state index in [9.17, 15) is 9.59 Å². The van der Waals surface area contributed by atoms with Gasteiger partial charge in [0, 0.05) is 0 Å². The maximum atomic E-state index is 11.5. The molecule has 98 valence electrons. The highest BCUT2D eigenvalue weighted by Gasteiger charge is 2.15. The molecular formula is C11H11Cl2NO4. The molecule has 0 saturated carbocycles. The summed E-state index contributed by atoms with van der Waals surface area (Å²) in [6, 6.07) is 2.72. The van der Waals surface area contributed by atoms with Gasteiger partial charge in [-0.1, -0.05) is 23.2 Å². The lowest BCUT2D eigenvalue weighted by molar-refractivity contribution is 0.0526. The van der Waals surface area contributed by atoms with E-state index in [1.165, 1.54) is 19.2 Å². The van der Waals surface area contributed by atoms with Crippen molar-refractivity contribution in [1.82, 2.24) is 0 Å². The number of nitrogens with one attached hydrogen (secondary N) is 1. The number of methoxy groups -OCH3 is 1. The van der Waals surface area contributed by atoms with Crippen molar-refractivity contribution >= 4 is 41.0 Å². The lowest BCUT2D eigenvalue weighted by Gasteiger charge is -2.10. The van der Waals surface area contributed by atoms with E-state index in [2.05, 4.69) is 10.1 Å². The Morgan fingerprint density at radius 1 is 1.28 bits per heavy atom. The predicted octanol–water partition coefficient (Wildman–Crippen LogP) is 3.35. The maximum Gasteiger partial charge on any atom is 0.411 e. The van der Waals surface area contributed by atoms with Crippen LogP contribution in [0.15, 0.2) is 12.1 Å². The highest BCUT2D eigenvalue weighted by Crippen LogP contribution is 2.32. The number of esters is 1. The molecule has 5 nitrogen and oxygen atoms in total. The van der Waals surface area contributed by atoms with E-state index < -0.39 is 12.1 Å². The second kappa shape index (κ2) is 6.47. The lowest BCUT2D eigenvalue weighted by atomic mass is 10.2. The van der Waals surface area contributed by atoms with Crippen molar-refractivity contribution in [2.24, 2.45) is 0 Å². The summed E-state index contributed by atoms with van der Waals surface area (Å²) in [6.45, 7) is 1.94. The molecule has 18 heavy (non-hydrogen) atoms. The minimum atomic E-state index is -0.706. The third-order valence-electron chi connectivity index (χ3n) is 1.97. The van der Waals surface area contributed by atoms with Crippen molar-refractivity contribution in [2.75, 3.05) is 19.0 Å². The molecule has 0 heterocycles. The first-order valence-corrected chi connectivity index (χ1v) is 5.76. The van der Waals surface area contributed by atoms with Crippen LogP contribution in [0.4, 0.5) is 10.5 Å². The number of amides is 1. The summed E-state index contributed by atoms with van der Waals surface area (Å²) in [6.07, 6.45) is -0.706. The Morgan fingerprint density at radius 2 is 1.83 bits per heavy atom. The molecule has 0 aromatic heterocycles. The van der Waals surface area contributed by atoms with Crippen molar-refractivity contribution in [1.29, 1.82) is 0 Å².